The normalized spacial score (nSPS) is 21.7. The summed E-state index contributed by atoms with van der Waals surface area (Å²) in [7, 11) is 2.21. The summed E-state index contributed by atoms with van der Waals surface area (Å²) in [5, 5.41) is 3.47. The zero-order valence-electron chi connectivity index (χ0n) is 11.7. The fourth-order valence-electron chi connectivity index (χ4n) is 2.60. The van der Waals surface area contributed by atoms with Gasteiger partial charge in [-0.05, 0) is 44.3 Å². The van der Waals surface area contributed by atoms with E-state index in [0.29, 0.717) is 12.0 Å². The first-order chi connectivity index (χ1) is 7.95. The van der Waals surface area contributed by atoms with Crippen molar-refractivity contribution in [2.24, 2.45) is 22.8 Å². The van der Waals surface area contributed by atoms with Crippen molar-refractivity contribution in [3.63, 3.8) is 0 Å². The van der Waals surface area contributed by atoms with Crippen LogP contribution in [0.15, 0.2) is 0 Å². The number of hydrogen-bond donors (Lipinski definition) is 3. The molecule has 0 aromatic rings. The third kappa shape index (κ3) is 4.92. The number of rotatable bonds is 6. The van der Waals surface area contributed by atoms with E-state index in [2.05, 4.69) is 31.1 Å². The topological polar surface area (TPSA) is 67.3 Å². The van der Waals surface area contributed by atoms with E-state index in [1.165, 1.54) is 25.9 Å². The molecule has 102 valence electrons. The van der Waals surface area contributed by atoms with Gasteiger partial charge < -0.3 is 21.7 Å². The van der Waals surface area contributed by atoms with E-state index < -0.39 is 0 Å². The molecule has 0 aromatic carbocycles. The van der Waals surface area contributed by atoms with Crippen LogP contribution in [0.5, 0.6) is 0 Å². The average Bonchev–Trinajstić information content (AvgIpc) is 2.29. The van der Waals surface area contributed by atoms with Gasteiger partial charge >= 0.3 is 0 Å². The van der Waals surface area contributed by atoms with Crippen LogP contribution in [0, 0.1) is 11.3 Å². The number of nitrogens with one attached hydrogen (secondary N) is 1. The molecule has 5 N–H and O–H groups in total. The van der Waals surface area contributed by atoms with Crippen LogP contribution in [0.2, 0.25) is 0 Å². The Morgan fingerprint density at radius 3 is 2.47 bits per heavy atom. The van der Waals surface area contributed by atoms with Crippen LogP contribution >= 0.6 is 0 Å². The quantitative estimate of drug-likeness (QED) is 0.624. The molecule has 0 saturated carbocycles. The number of nitrogens with zero attached hydrogens (tertiary/aromatic N) is 1. The van der Waals surface area contributed by atoms with Gasteiger partial charge in [-0.3, -0.25) is 0 Å². The van der Waals surface area contributed by atoms with Crippen molar-refractivity contribution in [2.75, 3.05) is 39.8 Å². The molecule has 1 saturated heterocycles. The minimum absolute atomic E-state index is 0.0864. The Hall–Kier alpha value is -0.160. The first-order valence-electron chi connectivity index (χ1n) is 6.80. The molecule has 1 aliphatic heterocycles. The molecule has 1 unspecified atom stereocenters. The highest BCUT2D eigenvalue weighted by atomic mass is 15.1. The minimum Gasteiger partial charge on any atom is -0.329 e. The summed E-state index contributed by atoms with van der Waals surface area (Å²) in [5.41, 5.74) is 11.7. The maximum Gasteiger partial charge on any atom is 0.0290 e. The molecule has 1 atom stereocenters. The van der Waals surface area contributed by atoms with Gasteiger partial charge in [-0.1, -0.05) is 13.8 Å². The molecule has 0 aliphatic carbocycles. The van der Waals surface area contributed by atoms with E-state index >= 15 is 0 Å². The Morgan fingerprint density at radius 1 is 1.35 bits per heavy atom. The van der Waals surface area contributed by atoms with Gasteiger partial charge in [0.05, 0.1) is 0 Å². The summed E-state index contributed by atoms with van der Waals surface area (Å²) in [4.78, 5) is 2.42. The van der Waals surface area contributed by atoms with Gasteiger partial charge in [0.1, 0.15) is 0 Å². The lowest BCUT2D eigenvalue weighted by Crippen LogP contribution is -2.46. The average molecular weight is 242 g/mol. The van der Waals surface area contributed by atoms with Crippen molar-refractivity contribution in [1.82, 2.24) is 10.2 Å². The summed E-state index contributed by atoms with van der Waals surface area (Å²) < 4.78 is 0. The van der Waals surface area contributed by atoms with Crippen LogP contribution in [0.1, 0.15) is 26.7 Å². The summed E-state index contributed by atoms with van der Waals surface area (Å²) in [6.07, 6.45) is 2.63. The monoisotopic (exact) mass is 242 g/mol. The third-order valence-electron chi connectivity index (χ3n) is 4.11. The molecule has 1 rings (SSSR count). The lowest BCUT2D eigenvalue weighted by Gasteiger charge is -2.40. The second-order valence-corrected chi connectivity index (χ2v) is 6.19. The molecule has 1 aliphatic rings. The lowest BCUT2D eigenvalue weighted by molar-refractivity contribution is 0.113. The predicted octanol–water partition coefficient (Wildman–Crippen LogP) is 0.230. The van der Waals surface area contributed by atoms with E-state index in [-0.39, 0.29) is 6.04 Å². The van der Waals surface area contributed by atoms with E-state index in [4.69, 9.17) is 11.5 Å². The summed E-state index contributed by atoms with van der Waals surface area (Å²) >= 11 is 0. The second kappa shape index (κ2) is 6.69. The van der Waals surface area contributed by atoms with Gasteiger partial charge in [-0.25, -0.2) is 0 Å². The molecule has 0 spiro atoms. The summed E-state index contributed by atoms with van der Waals surface area (Å²) in [5.74, 6) is 0.820. The Balaban J connectivity index is 2.29. The van der Waals surface area contributed by atoms with Crippen molar-refractivity contribution in [2.45, 2.75) is 32.7 Å². The fraction of sp³-hybridized carbons (Fsp3) is 1.00. The zero-order valence-corrected chi connectivity index (χ0v) is 11.7. The summed E-state index contributed by atoms with van der Waals surface area (Å²) in [6, 6.07) is 0.0864. The molecule has 0 amide bonds. The highest BCUT2D eigenvalue weighted by molar-refractivity contribution is 4.85. The first-order valence-corrected chi connectivity index (χ1v) is 6.80. The molecular weight excluding hydrogens is 212 g/mol. The summed E-state index contributed by atoms with van der Waals surface area (Å²) in [6.45, 7) is 9.62. The number of piperidine rings is 1. The second-order valence-electron chi connectivity index (χ2n) is 6.19. The van der Waals surface area contributed by atoms with Gasteiger partial charge in [0.25, 0.3) is 0 Å². The Bertz CT molecular complexity index is 209. The zero-order chi connectivity index (χ0) is 12.9. The molecule has 17 heavy (non-hydrogen) atoms. The van der Waals surface area contributed by atoms with E-state index in [9.17, 15) is 0 Å². The minimum atomic E-state index is 0.0864. The van der Waals surface area contributed by atoms with E-state index in [1.807, 2.05) is 0 Å². The van der Waals surface area contributed by atoms with Gasteiger partial charge in [0.15, 0.2) is 0 Å². The molecule has 0 bridgehead atoms. The van der Waals surface area contributed by atoms with Crippen molar-refractivity contribution in [3.05, 3.63) is 0 Å². The van der Waals surface area contributed by atoms with Crippen LogP contribution in [-0.2, 0) is 0 Å². The molecule has 0 aromatic heterocycles. The van der Waals surface area contributed by atoms with Gasteiger partial charge in [-0.15, -0.1) is 0 Å². The smallest absolute Gasteiger partial charge is 0.0290 e. The van der Waals surface area contributed by atoms with Crippen LogP contribution in [0.25, 0.3) is 0 Å². The highest BCUT2D eigenvalue weighted by Gasteiger charge is 2.31. The van der Waals surface area contributed by atoms with E-state index in [1.54, 1.807) is 0 Å². The Morgan fingerprint density at radius 2 is 1.94 bits per heavy atom. The van der Waals surface area contributed by atoms with Crippen LogP contribution in [0.3, 0.4) is 0 Å². The predicted molar refractivity (Wildman–Crippen MR) is 73.9 cm³/mol. The third-order valence-corrected chi connectivity index (χ3v) is 4.11. The number of hydrogen-bond acceptors (Lipinski definition) is 4. The maximum atomic E-state index is 5.80. The van der Waals surface area contributed by atoms with Crippen molar-refractivity contribution >= 4 is 0 Å². The van der Waals surface area contributed by atoms with Crippen LogP contribution in [0.4, 0.5) is 0 Å². The molecule has 1 heterocycles. The van der Waals surface area contributed by atoms with Crippen molar-refractivity contribution in [1.29, 1.82) is 0 Å². The largest absolute Gasteiger partial charge is 0.329 e. The molecular formula is C13H30N4. The standard InChI is InChI=1S/C13H30N4/c1-13(2,10-16-9-12(15)8-14)11-4-6-17(3)7-5-11/h11-12,16H,4-10,14-15H2,1-3H3. The molecule has 1 fully saturated rings. The highest BCUT2D eigenvalue weighted by Crippen LogP contribution is 2.33. The molecule has 0 radical (unpaired) electrons. The van der Waals surface area contributed by atoms with Gasteiger partial charge in [-0.2, -0.15) is 0 Å². The number of nitrogens with two attached hydrogens (primary N) is 2. The lowest BCUT2D eigenvalue weighted by atomic mass is 9.73. The first kappa shape index (κ1) is 14.9. The van der Waals surface area contributed by atoms with Crippen molar-refractivity contribution < 1.29 is 0 Å². The van der Waals surface area contributed by atoms with Crippen molar-refractivity contribution in [3.8, 4) is 0 Å². The van der Waals surface area contributed by atoms with Gasteiger partial charge in [0.2, 0.25) is 0 Å². The van der Waals surface area contributed by atoms with Gasteiger partial charge in [0, 0.05) is 25.7 Å². The maximum absolute atomic E-state index is 5.80. The van der Waals surface area contributed by atoms with E-state index in [0.717, 1.165) is 19.0 Å². The Kier molecular flexibility index (Phi) is 5.86. The molecule has 4 heteroatoms. The van der Waals surface area contributed by atoms with Crippen LogP contribution in [-0.4, -0.2) is 50.7 Å². The SMILES string of the molecule is CN1CCC(C(C)(C)CNCC(N)CN)CC1. The number of likely N-dealkylation sites (tertiary alicyclic amines) is 1. The Labute approximate surface area is 106 Å². The van der Waals surface area contributed by atoms with Crippen LogP contribution < -0.4 is 16.8 Å². The fourth-order valence-corrected chi connectivity index (χ4v) is 2.60. The molecule has 4 nitrogen and oxygen atoms in total.